The van der Waals surface area contributed by atoms with Crippen molar-refractivity contribution in [3.8, 4) is 0 Å². The molecular formula is C11H14Se. The van der Waals surface area contributed by atoms with Crippen LogP contribution in [0.25, 0.3) is 0 Å². The molecule has 0 aliphatic carbocycles. The van der Waals surface area contributed by atoms with E-state index in [1.54, 1.807) is 0 Å². The fourth-order valence-corrected chi connectivity index (χ4v) is 2.92. The van der Waals surface area contributed by atoms with Gasteiger partial charge in [-0.1, -0.05) is 0 Å². The van der Waals surface area contributed by atoms with Gasteiger partial charge in [-0.05, 0) is 0 Å². The number of rotatable bonds is 3. The van der Waals surface area contributed by atoms with Crippen molar-refractivity contribution >= 4 is 19.4 Å². The molecule has 0 N–H and O–H groups in total. The van der Waals surface area contributed by atoms with Crippen LogP contribution >= 0.6 is 0 Å². The zero-order valence-electron chi connectivity index (χ0n) is 7.58. The molecule has 0 nitrogen and oxygen atoms in total. The second kappa shape index (κ2) is 5.18. The third kappa shape index (κ3) is 3.25. The van der Waals surface area contributed by atoms with E-state index in [0.717, 1.165) is 6.42 Å². The summed E-state index contributed by atoms with van der Waals surface area (Å²) in [6.45, 7) is 4.40. The van der Waals surface area contributed by atoms with Crippen molar-refractivity contribution in [1.82, 2.24) is 0 Å². The SMILES string of the molecule is CC/C=C(\C)[Se]c1ccccc1. The average Bonchev–Trinajstić information content (AvgIpc) is 2.06. The Bertz CT molecular complexity index is 249. The molecule has 0 aliphatic rings. The Hall–Kier alpha value is -0.521. The monoisotopic (exact) mass is 226 g/mol. The van der Waals surface area contributed by atoms with Gasteiger partial charge in [-0.25, -0.2) is 0 Å². The summed E-state index contributed by atoms with van der Waals surface area (Å²) < 4.78 is 2.99. The van der Waals surface area contributed by atoms with Crippen LogP contribution in [0, 0.1) is 0 Å². The first kappa shape index (κ1) is 9.57. The van der Waals surface area contributed by atoms with E-state index in [1.165, 1.54) is 8.93 Å². The van der Waals surface area contributed by atoms with Crippen molar-refractivity contribution in [2.75, 3.05) is 0 Å². The van der Waals surface area contributed by atoms with E-state index >= 15 is 0 Å². The average molecular weight is 225 g/mol. The molecule has 0 saturated heterocycles. The third-order valence-corrected chi connectivity index (χ3v) is 3.60. The molecule has 0 unspecified atom stereocenters. The van der Waals surface area contributed by atoms with Crippen molar-refractivity contribution in [2.24, 2.45) is 0 Å². The second-order valence-corrected chi connectivity index (χ2v) is 5.41. The molecule has 64 valence electrons. The van der Waals surface area contributed by atoms with Gasteiger partial charge in [-0.2, -0.15) is 0 Å². The van der Waals surface area contributed by atoms with Crippen molar-refractivity contribution in [3.05, 3.63) is 40.9 Å². The minimum absolute atomic E-state index is 0.539. The molecule has 1 aromatic rings. The molecular weight excluding hydrogens is 211 g/mol. The fourth-order valence-electron chi connectivity index (χ4n) is 1.00. The summed E-state index contributed by atoms with van der Waals surface area (Å²) in [5.41, 5.74) is 0. The first-order valence-electron chi connectivity index (χ1n) is 4.22. The van der Waals surface area contributed by atoms with Gasteiger partial charge in [0.2, 0.25) is 0 Å². The first-order chi connectivity index (χ1) is 5.83. The molecule has 0 fully saturated rings. The number of allylic oxidation sites excluding steroid dienone is 2. The number of hydrogen-bond acceptors (Lipinski definition) is 0. The Kier molecular flexibility index (Phi) is 4.13. The molecule has 0 radical (unpaired) electrons. The van der Waals surface area contributed by atoms with E-state index in [1.807, 2.05) is 0 Å². The molecule has 0 aromatic heterocycles. The molecule has 1 heteroatoms. The van der Waals surface area contributed by atoms with Gasteiger partial charge in [0.25, 0.3) is 0 Å². The van der Waals surface area contributed by atoms with Crippen LogP contribution in [0.4, 0.5) is 0 Å². The predicted molar refractivity (Wildman–Crippen MR) is 55.9 cm³/mol. The fraction of sp³-hybridized carbons (Fsp3) is 0.273. The summed E-state index contributed by atoms with van der Waals surface area (Å²) in [7, 11) is 0. The van der Waals surface area contributed by atoms with E-state index in [9.17, 15) is 0 Å². The van der Waals surface area contributed by atoms with Crippen molar-refractivity contribution < 1.29 is 0 Å². The Labute approximate surface area is 80.8 Å². The van der Waals surface area contributed by atoms with Gasteiger partial charge in [0.1, 0.15) is 0 Å². The summed E-state index contributed by atoms with van der Waals surface area (Å²) in [4.78, 5) is 0. The second-order valence-electron chi connectivity index (χ2n) is 2.64. The first-order valence-corrected chi connectivity index (χ1v) is 5.94. The standard InChI is InChI=1S/C11H14Se/c1-3-7-10(2)12-11-8-5-4-6-9-11/h4-9H,3H2,1-2H3/b10-7+. The summed E-state index contributed by atoms with van der Waals surface area (Å²) in [6, 6.07) is 10.7. The molecule has 1 rings (SSSR count). The Morgan fingerprint density at radius 2 is 2.00 bits per heavy atom. The molecule has 0 atom stereocenters. The molecule has 1 aromatic carbocycles. The van der Waals surface area contributed by atoms with Crippen molar-refractivity contribution in [1.29, 1.82) is 0 Å². The van der Waals surface area contributed by atoms with Crippen LogP contribution in [0.15, 0.2) is 40.9 Å². The van der Waals surface area contributed by atoms with Gasteiger partial charge in [0.05, 0.1) is 0 Å². The minimum atomic E-state index is 0.539. The van der Waals surface area contributed by atoms with Crippen LogP contribution in [0.3, 0.4) is 0 Å². The van der Waals surface area contributed by atoms with Crippen LogP contribution in [0.5, 0.6) is 0 Å². The van der Waals surface area contributed by atoms with E-state index < -0.39 is 0 Å². The summed E-state index contributed by atoms with van der Waals surface area (Å²) in [5, 5.41) is 0. The van der Waals surface area contributed by atoms with Crippen molar-refractivity contribution in [2.45, 2.75) is 20.3 Å². The number of hydrogen-bond donors (Lipinski definition) is 0. The van der Waals surface area contributed by atoms with Gasteiger partial charge in [0, 0.05) is 0 Å². The molecule has 0 spiro atoms. The quantitative estimate of drug-likeness (QED) is 0.692. The maximum atomic E-state index is 2.31. The maximum absolute atomic E-state index is 2.31. The van der Waals surface area contributed by atoms with Crippen LogP contribution in [0.1, 0.15) is 20.3 Å². The van der Waals surface area contributed by atoms with Gasteiger partial charge >= 0.3 is 80.6 Å². The van der Waals surface area contributed by atoms with E-state index in [4.69, 9.17) is 0 Å². The molecule has 0 saturated carbocycles. The van der Waals surface area contributed by atoms with Crippen LogP contribution < -0.4 is 4.46 Å². The predicted octanol–water partition coefficient (Wildman–Crippen LogP) is 2.33. The van der Waals surface area contributed by atoms with E-state index in [-0.39, 0.29) is 0 Å². The summed E-state index contributed by atoms with van der Waals surface area (Å²) in [6.07, 6.45) is 3.47. The zero-order chi connectivity index (χ0) is 8.81. The molecule has 12 heavy (non-hydrogen) atoms. The Balaban J connectivity index is 2.58. The topological polar surface area (TPSA) is 0 Å². The summed E-state index contributed by atoms with van der Waals surface area (Å²) >= 11 is 0.539. The van der Waals surface area contributed by atoms with Crippen LogP contribution in [-0.4, -0.2) is 15.0 Å². The molecule has 0 heterocycles. The molecule has 0 amide bonds. The Morgan fingerprint density at radius 3 is 2.58 bits per heavy atom. The third-order valence-electron chi connectivity index (χ3n) is 1.51. The number of benzene rings is 1. The zero-order valence-corrected chi connectivity index (χ0v) is 9.29. The molecule has 0 bridgehead atoms. The van der Waals surface area contributed by atoms with Gasteiger partial charge in [0.15, 0.2) is 0 Å². The van der Waals surface area contributed by atoms with Crippen LogP contribution in [-0.2, 0) is 0 Å². The van der Waals surface area contributed by atoms with E-state index in [0.29, 0.717) is 15.0 Å². The van der Waals surface area contributed by atoms with Gasteiger partial charge in [-0.3, -0.25) is 0 Å². The summed E-state index contributed by atoms with van der Waals surface area (Å²) in [5.74, 6) is 0. The van der Waals surface area contributed by atoms with Gasteiger partial charge < -0.3 is 0 Å². The van der Waals surface area contributed by atoms with Crippen molar-refractivity contribution in [3.63, 3.8) is 0 Å². The Morgan fingerprint density at radius 1 is 1.33 bits per heavy atom. The molecule has 0 aliphatic heterocycles. The van der Waals surface area contributed by atoms with Gasteiger partial charge in [-0.15, -0.1) is 0 Å². The van der Waals surface area contributed by atoms with E-state index in [2.05, 4.69) is 50.3 Å². The van der Waals surface area contributed by atoms with Crippen LogP contribution in [0.2, 0.25) is 0 Å². The normalized spacial score (nSPS) is 11.7.